The van der Waals surface area contributed by atoms with Gasteiger partial charge in [0.05, 0.1) is 0 Å². The molecule has 1 fully saturated rings. The molecule has 1 N–H and O–H groups in total. The molecule has 0 aliphatic carbocycles. The number of imide groups is 1. The van der Waals surface area contributed by atoms with Gasteiger partial charge in [-0.25, -0.2) is 18.7 Å². The van der Waals surface area contributed by atoms with Gasteiger partial charge in [-0.15, -0.1) is 0 Å². The number of aromatic nitrogens is 2. The van der Waals surface area contributed by atoms with Crippen molar-refractivity contribution in [1.82, 2.24) is 14.4 Å². The number of carboxylic acids is 1. The van der Waals surface area contributed by atoms with Crippen molar-refractivity contribution in [3.63, 3.8) is 0 Å². The van der Waals surface area contributed by atoms with Crippen LogP contribution in [0.4, 0.5) is 10.7 Å². The lowest BCUT2D eigenvalue weighted by Crippen LogP contribution is -2.62. The Hall–Kier alpha value is -2.71. The summed E-state index contributed by atoms with van der Waals surface area (Å²) in [5.74, 6) is -0.236. The number of hydrogen-bond donors (Lipinski definition) is 1. The van der Waals surface area contributed by atoms with E-state index in [9.17, 15) is 14.4 Å². The van der Waals surface area contributed by atoms with Crippen LogP contribution in [0, 0.1) is 12.8 Å². The van der Waals surface area contributed by atoms with E-state index >= 15 is 0 Å². The number of rotatable bonds is 5. The molecule has 1 aromatic heterocycles. The number of aliphatic imine (C=N–C) groups is 1. The van der Waals surface area contributed by atoms with Crippen LogP contribution >= 0.6 is 0 Å². The van der Waals surface area contributed by atoms with E-state index in [4.69, 9.17) is 5.11 Å². The van der Waals surface area contributed by atoms with Crippen LogP contribution in [0.1, 0.15) is 32.0 Å². The lowest BCUT2D eigenvalue weighted by Gasteiger charge is -2.33. The third kappa shape index (κ3) is 2.69. The molecule has 25 heavy (non-hydrogen) atoms. The summed E-state index contributed by atoms with van der Waals surface area (Å²) in [5.41, 5.74) is 0.696. The van der Waals surface area contributed by atoms with Crippen LogP contribution in [0.2, 0.25) is 0 Å². The van der Waals surface area contributed by atoms with Crippen LogP contribution < -0.4 is 4.57 Å². The van der Waals surface area contributed by atoms with Crippen molar-refractivity contribution in [3.8, 4) is 0 Å². The van der Waals surface area contributed by atoms with Gasteiger partial charge in [-0.1, -0.05) is 18.8 Å². The molecule has 9 nitrogen and oxygen atoms in total. The molecule has 1 saturated heterocycles. The Morgan fingerprint density at radius 3 is 2.68 bits per heavy atom. The lowest BCUT2D eigenvalue weighted by molar-refractivity contribution is -0.677. The van der Waals surface area contributed by atoms with E-state index in [2.05, 4.69) is 4.99 Å². The predicted octanol–water partition coefficient (Wildman–Crippen LogP) is 0.693. The molecule has 0 bridgehead atoms. The molecule has 0 spiro atoms. The highest BCUT2D eigenvalue weighted by Crippen LogP contribution is 2.29. The third-order valence-electron chi connectivity index (χ3n) is 4.55. The highest BCUT2D eigenvalue weighted by Gasteiger charge is 2.53. The summed E-state index contributed by atoms with van der Waals surface area (Å²) < 4.78 is 3.18. The Balaban J connectivity index is 2.00. The zero-order chi connectivity index (χ0) is 18.5. The number of urea groups is 1. The summed E-state index contributed by atoms with van der Waals surface area (Å²) in [6.07, 6.45) is 2.43. The number of aliphatic carboxylic acids is 1. The molecular formula is C16H22N5O4+. The highest BCUT2D eigenvalue weighted by molar-refractivity contribution is 6.19. The van der Waals surface area contributed by atoms with Crippen molar-refractivity contribution in [1.29, 1.82) is 0 Å². The third-order valence-corrected chi connectivity index (χ3v) is 4.55. The Bertz CT molecular complexity index is 795. The molecule has 0 saturated carbocycles. The van der Waals surface area contributed by atoms with Crippen molar-refractivity contribution in [2.75, 3.05) is 13.6 Å². The van der Waals surface area contributed by atoms with Crippen LogP contribution in [0.5, 0.6) is 0 Å². The molecule has 3 amide bonds. The van der Waals surface area contributed by atoms with Crippen LogP contribution in [-0.4, -0.2) is 56.8 Å². The van der Waals surface area contributed by atoms with Gasteiger partial charge in [0.25, 0.3) is 5.91 Å². The van der Waals surface area contributed by atoms with Gasteiger partial charge in [0.2, 0.25) is 11.9 Å². The largest absolute Gasteiger partial charge is 0.479 e. The van der Waals surface area contributed by atoms with Gasteiger partial charge in [-0.2, -0.15) is 0 Å². The van der Waals surface area contributed by atoms with E-state index in [1.165, 1.54) is 14.4 Å². The van der Waals surface area contributed by atoms with Crippen LogP contribution in [0.3, 0.4) is 0 Å². The number of amidine groups is 1. The summed E-state index contributed by atoms with van der Waals surface area (Å²) in [5, 5.41) is 9.09. The molecule has 0 aromatic carbocycles. The Morgan fingerprint density at radius 1 is 1.40 bits per heavy atom. The number of amides is 3. The first-order chi connectivity index (χ1) is 11.7. The minimum atomic E-state index is -0.994. The average molecular weight is 348 g/mol. The second-order valence-electron chi connectivity index (χ2n) is 6.84. The predicted molar refractivity (Wildman–Crippen MR) is 87.5 cm³/mol. The van der Waals surface area contributed by atoms with E-state index < -0.39 is 18.0 Å². The van der Waals surface area contributed by atoms with Crippen LogP contribution in [0.15, 0.2) is 11.2 Å². The van der Waals surface area contributed by atoms with E-state index in [1.54, 1.807) is 24.7 Å². The number of carbonyl (C=O) groups excluding carboxylic acids is 2. The molecule has 1 atom stereocenters. The van der Waals surface area contributed by atoms with Crippen molar-refractivity contribution in [3.05, 3.63) is 11.9 Å². The van der Waals surface area contributed by atoms with Crippen molar-refractivity contribution < 1.29 is 24.1 Å². The van der Waals surface area contributed by atoms with E-state index in [0.29, 0.717) is 29.9 Å². The number of likely N-dealkylation sites (N-methyl/N-ethyl adjacent to an activating group) is 1. The Kier molecular flexibility index (Phi) is 4.09. The molecular weight excluding hydrogens is 326 g/mol. The van der Waals surface area contributed by atoms with Gasteiger partial charge in [-0.3, -0.25) is 14.6 Å². The maximum Gasteiger partial charge on any atom is 0.402 e. The molecule has 1 unspecified atom stereocenters. The normalized spacial score (nSPS) is 19.4. The number of hydrogen-bond acceptors (Lipinski definition) is 4. The average Bonchev–Trinajstić information content (AvgIpc) is 3.01. The van der Waals surface area contributed by atoms with Gasteiger partial charge in [0.15, 0.2) is 6.54 Å². The number of carbonyl (C=O) groups is 3. The zero-order valence-electron chi connectivity index (χ0n) is 14.8. The second-order valence-corrected chi connectivity index (χ2v) is 6.84. The van der Waals surface area contributed by atoms with Crippen molar-refractivity contribution >= 4 is 29.7 Å². The molecule has 2 aliphatic heterocycles. The molecule has 3 rings (SSSR count). The topological polar surface area (TPSA) is 99.1 Å². The maximum atomic E-state index is 12.9. The maximum absolute atomic E-state index is 12.9. The summed E-state index contributed by atoms with van der Waals surface area (Å²) in [4.78, 5) is 43.6. The smallest absolute Gasteiger partial charge is 0.402 e. The van der Waals surface area contributed by atoms with E-state index in [-0.39, 0.29) is 12.5 Å². The van der Waals surface area contributed by atoms with Gasteiger partial charge >= 0.3 is 17.9 Å². The number of aryl methyl sites for hydroxylation is 1. The van der Waals surface area contributed by atoms with Gasteiger partial charge in [-0.05, 0) is 19.3 Å². The number of imidazole rings is 1. The number of carboxylic acid groups (broad SMARTS) is 1. The van der Waals surface area contributed by atoms with E-state index in [1.807, 2.05) is 13.8 Å². The number of nitrogens with zero attached hydrogens (tertiary/aromatic N) is 5. The van der Waals surface area contributed by atoms with Crippen LogP contribution in [0.25, 0.3) is 0 Å². The van der Waals surface area contributed by atoms with Crippen LogP contribution in [-0.2, 0) is 16.1 Å². The first-order valence-corrected chi connectivity index (χ1v) is 8.23. The molecule has 0 radical (unpaired) electrons. The van der Waals surface area contributed by atoms with Gasteiger partial charge in [0.1, 0.15) is 11.9 Å². The Labute approximate surface area is 145 Å². The molecule has 9 heteroatoms. The fraction of sp³-hybridized carbons (Fsp3) is 0.562. The quantitative estimate of drug-likeness (QED) is 0.792. The molecule has 2 aliphatic rings. The molecule has 1 aromatic rings. The zero-order valence-corrected chi connectivity index (χ0v) is 14.8. The monoisotopic (exact) mass is 348 g/mol. The fourth-order valence-corrected chi connectivity index (χ4v) is 3.15. The van der Waals surface area contributed by atoms with Crippen molar-refractivity contribution in [2.45, 2.75) is 39.8 Å². The lowest BCUT2D eigenvalue weighted by atomic mass is 10.1. The minimum absolute atomic E-state index is 0.249. The minimum Gasteiger partial charge on any atom is -0.479 e. The fourth-order valence-electron chi connectivity index (χ4n) is 3.15. The standard InChI is InChI=1S/C16H21N5O4/c1-9(2)5-6-19-14(24)12-13(18(4)16(19)25)17-15-20(8-11(22)23)10(3)7-21(12)15/h7,9,12H,5-6,8H2,1-4H3/p+1. The van der Waals surface area contributed by atoms with Gasteiger partial charge < -0.3 is 5.11 Å². The summed E-state index contributed by atoms with van der Waals surface area (Å²) >= 11 is 0. The van der Waals surface area contributed by atoms with Gasteiger partial charge in [0, 0.05) is 13.6 Å². The molecule has 3 heterocycles. The van der Waals surface area contributed by atoms with E-state index in [0.717, 1.165) is 6.42 Å². The highest BCUT2D eigenvalue weighted by atomic mass is 16.4. The first kappa shape index (κ1) is 17.1. The Morgan fingerprint density at radius 2 is 2.08 bits per heavy atom. The SMILES string of the molecule is Cc1c[n+]2c(n1CC(=O)O)N=C1C2C(=O)N(CCC(C)C)C(=O)N1C. The molecule has 134 valence electrons. The number of fused-ring (bicyclic) bond motifs is 3. The second kappa shape index (κ2) is 5.98. The first-order valence-electron chi connectivity index (χ1n) is 8.23. The summed E-state index contributed by atoms with van der Waals surface area (Å²) in [6.45, 7) is 5.94. The van der Waals surface area contributed by atoms with Crippen molar-refractivity contribution in [2.24, 2.45) is 10.9 Å². The summed E-state index contributed by atoms with van der Waals surface area (Å²) in [6, 6.07) is -1.12. The summed E-state index contributed by atoms with van der Waals surface area (Å²) in [7, 11) is 1.59.